The number of carbonyl (C=O) groups is 1. The molecule has 108 valence electrons. The van der Waals surface area contributed by atoms with Gasteiger partial charge in [0.05, 0.1) is 17.1 Å². The molecule has 2 fully saturated rings. The van der Waals surface area contributed by atoms with Gasteiger partial charge in [0.1, 0.15) is 0 Å². The van der Waals surface area contributed by atoms with Crippen LogP contribution in [0.3, 0.4) is 0 Å². The summed E-state index contributed by atoms with van der Waals surface area (Å²) >= 11 is 1.57. The molecule has 2 aliphatic rings. The SMILES string of the molecule is O=C1C(Sc2ncc(-c3ccccc3)[nH]2)CCN1C1CC1. The Bertz CT molecular complexity index is 651. The van der Waals surface area contributed by atoms with Crippen LogP contribution in [0.5, 0.6) is 0 Å². The first-order valence-corrected chi connectivity index (χ1v) is 8.27. The van der Waals surface area contributed by atoms with Gasteiger partial charge in [-0.15, -0.1) is 0 Å². The molecule has 2 aromatic rings. The number of aromatic nitrogens is 2. The van der Waals surface area contributed by atoms with E-state index in [1.807, 2.05) is 24.4 Å². The molecule has 1 aromatic carbocycles. The van der Waals surface area contributed by atoms with E-state index in [1.165, 1.54) is 12.8 Å². The van der Waals surface area contributed by atoms with E-state index in [9.17, 15) is 4.79 Å². The van der Waals surface area contributed by atoms with E-state index < -0.39 is 0 Å². The van der Waals surface area contributed by atoms with E-state index in [1.54, 1.807) is 11.8 Å². The fourth-order valence-electron chi connectivity index (χ4n) is 2.80. The molecular formula is C16H17N3OS. The predicted octanol–water partition coefficient (Wildman–Crippen LogP) is 2.93. The van der Waals surface area contributed by atoms with Gasteiger partial charge in [-0.25, -0.2) is 4.98 Å². The van der Waals surface area contributed by atoms with Gasteiger partial charge in [0, 0.05) is 12.6 Å². The maximum Gasteiger partial charge on any atom is 0.236 e. The number of carbonyl (C=O) groups excluding carboxylic acids is 1. The fourth-order valence-corrected chi connectivity index (χ4v) is 3.81. The smallest absolute Gasteiger partial charge is 0.236 e. The van der Waals surface area contributed by atoms with Gasteiger partial charge in [-0.05, 0) is 24.8 Å². The van der Waals surface area contributed by atoms with Crippen LogP contribution < -0.4 is 0 Å². The van der Waals surface area contributed by atoms with Crippen LogP contribution >= 0.6 is 11.8 Å². The van der Waals surface area contributed by atoms with Crippen molar-refractivity contribution in [3.8, 4) is 11.3 Å². The van der Waals surface area contributed by atoms with E-state index in [0.29, 0.717) is 11.9 Å². The standard InChI is InChI=1S/C16H17N3OS/c20-15-14(8-9-19(15)12-6-7-12)21-16-17-10-13(18-16)11-4-2-1-3-5-11/h1-5,10,12,14H,6-9H2,(H,17,18). The number of H-pyrrole nitrogens is 1. The van der Waals surface area contributed by atoms with Crippen molar-refractivity contribution in [1.82, 2.24) is 14.9 Å². The number of benzene rings is 1. The van der Waals surface area contributed by atoms with Crippen molar-refractivity contribution in [2.75, 3.05) is 6.54 Å². The number of amides is 1. The Morgan fingerprint density at radius 3 is 2.76 bits per heavy atom. The van der Waals surface area contributed by atoms with Crippen molar-refractivity contribution < 1.29 is 4.79 Å². The minimum absolute atomic E-state index is 0.0281. The minimum atomic E-state index is 0.0281. The lowest BCUT2D eigenvalue weighted by molar-refractivity contribution is -0.127. The predicted molar refractivity (Wildman–Crippen MR) is 83.0 cm³/mol. The summed E-state index contributed by atoms with van der Waals surface area (Å²) in [4.78, 5) is 22.1. The molecule has 1 amide bonds. The molecule has 1 saturated heterocycles. The average Bonchev–Trinajstić information content (AvgIpc) is 3.14. The average molecular weight is 299 g/mol. The Morgan fingerprint density at radius 2 is 2.00 bits per heavy atom. The van der Waals surface area contributed by atoms with E-state index in [-0.39, 0.29) is 5.25 Å². The number of aromatic amines is 1. The number of hydrogen-bond acceptors (Lipinski definition) is 3. The highest BCUT2D eigenvalue weighted by Gasteiger charge is 2.41. The Hall–Kier alpha value is -1.75. The first-order valence-electron chi connectivity index (χ1n) is 7.39. The molecule has 21 heavy (non-hydrogen) atoms. The van der Waals surface area contributed by atoms with Gasteiger partial charge in [0.25, 0.3) is 0 Å². The number of nitrogens with zero attached hydrogens (tertiary/aromatic N) is 2. The number of thioether (sulfide) groups is 1. The zero-order valence-electron chi connectivity index (χ0n) is 11.7. The largest absolute Gasteiger partial charge is 0.339 e. The van der Waals surface area contributed by atoms with Crippen molar-refractivity contribution in [1.29, 1.82) is 0 Å². The van der Waals surface area contributed by atoms with Crippen molar-refractivity contribution in [3.05, 3.63) is 36.5 Å². The number of imidazole rings is 1. The normalized spacial score (nSPS) is 22.0. The van der Waals surface area contributed by atoms with Crippen LogP contribution in [0.15, 0.2) is 41.7 Å². The summed E-state index contributed by atoms with van der Waals surface area (Å²) < 4.78 is 0. The van der Waals surface area contributed by atoms with Gasteiger partial charge in [0.2, 0.25) is 5.91 Å². The molecule has 0 spiro atoms. The first-order chi connectivity index (χ1) is 10.3. The quantitative estimate of drug-likeness (QED) is 0.944. The van der Waals surface area contributed by atoms with Crippen molar-refractivity contribution >= 4 is 17.7 Å². The molecule has 1 saturated carbocycles. The van der Waals surface area contributed by atoms with E-state index in [4.69, 9.17) is 0 Å². The molecule has 1 aliphatic heterocycles. The number of nitrogens with one attached hydrogen (secondary N) is 1. The molecule has 1 N–H and O–H groups in total. The van der Waals surface area contributed by atoms with Crippen molar-refractivity contribution in [2.24, 2.45) is 0 Å². The van der Waals surface area contributed by atoms with Gasteiger partial charge in [-0.3, -0.25) is 4.79 Å². The van der Waals surface area contributed by atoms with Gasteiger partial charge < -0.3 is 9.88 Å². The van der Waals surface area contributed by atoms with Gasteiger partial charge >= 0.3 is 0 Å². The van der Waals surface area contributed by atoms with E-state index in [2.05, 4.69) is 27.0 Å². The molecule has 1 aliphatic carbocycles. The van der Waals surface area contributed by atoms with E-state index >= 15 is 0 Å². The highest BCUT2D eigenvalue weighted by atomic mass is 32.2. The van der Waals surface area contributed by atoms with Crippen molar-refractivity contribution in [2.45, 2.75) is 35.7 Å². The zero-order valence-corrected chi connectivity index (χ0v) is 12.5. The highest BCUT2D eigenvalue weighted by molar-refractivity contribution is 8.00. The molecule has 4 rings (SSSR count). The molecule has 5 heteroatoms. The summed E-state index contributed by atoms with van der Waals surface area (Å²) in [5.41, 5.74) is 2.12. The Balaban J connectivity index is 1.46. The molecule has 1 unspecified atom stereocenters. The summed E-state index contributed by atoms with van der Waals surface area (Å²) in [5.74, 6) is 0.292. The second-order valence-corrected chi connectivity index (χ2v) is 6.82. The van der Waals surface area contributed by atoms with Crippen LogP contribution in [0.25, 0.3) is 11.3 Å². The van der Waals surface area contributed by atoms with Crippen LogP contribution in [0.4, 0.5) is 0 Å². The maximum atomic E-state index is 12.3. The van der Waals surface area contributed by atoms with Gasteiger partial charge in [0.15, 0.2) is 5.16 Å². The first kappa shape index (κ1) is 13.0. The Kier molecular flexibility index (Phi) is 3.22. The topological polar surface area (TPSA) is 49.0 Å². The molecule has 2 heterocycles. The minimum Gasteiger partial charge on any atom is -0.339 e. The molecule has 4 nitrogen and oxygen atoms in total. The van der Waals surface area contributed by atoms with Crippen LogP contribution in [-0.4, -0.2) is 38.6 Å². The molecular weight excluding hydrogens is 282 g/mol. The highest BCUT2D eigenvalue weighted by Crippen LogP contribution is 2.36. The van der Waals surface area contributed by atoms with Crippen LogP contribution in [-0.2, 0) is 4.79 Å². The van der Waals surface area contributed by atoms with E-state index in [0.717, 1.165) is 29.4 Å². The van der Waals surface area contributed by atoms with Crippen molar-refractivity contribution in [3.63, 3.8) is 0 Å². The summed E-state index contributed by atoms with van der Waals surface area (Å²) in [6, 6.07) is 10.7. The number of rotatable bonds is 4. The third kappa shape index (κ3) is 2.58. The second kappa shape index (κ2) is 5.22. The van der Waals surface area contributed by atoms with Gasteiger partial charge in [-0.2, -0.15) is 0 Å². The molecule has 0 bridgehead atoms. The summed E-state index contributed by atoms with van der Waals surface area (Å²) in [6.45, 7) is 0.910. The third-order valence-electron chi connectivity index (χ3n) is 4.07. The second-order valence-electron chi connectivity index (χ2n) is 5.63. The monoisotopic (exact) mass is 299 g/mol. The fraction of sp³-hybridized carbons (Fsp3) is 0.375. The van der Waals surface area contributed by atoms with Crippen LogP contribution in [0.2, 0.25) is 0 Å². The lowest BCUT2D eigenvalue weighted by Crippen LogP contribution is -2.30. The molecule has 1 aromatic heterocycles. The Labute approximate surface area is 128 Å². The summed E-state index contributed by atoms with van der Waals surface area (Å²) in [6.07, 6.45) is 5.14. The number of hydrogen-bond donors (Lipinski definition) is 1. The van der Waals surface area contributed by atoms with Crippen LogP contribution in [0, 0.1) is 0 Å². The number of likely N-dealkylation sites (tertiary alicyclic amines) is 1. The maximum absolute atomic E-state index is 12.3. The summed E-state index contributed by atoms with van der Waals surface area (Å²) in [5, 5.41) is 0.866. The molecule has 0 radical (unpaired) electrons. The van der Waals surface area contributed by atoms with Gasteiger partial charge in [-0.1, -0.05) is 42.1 Å². The zero-order chi connectivity index (χ0) is 14.2. The lowest BCUT2D eigenvalue weighted by atomic mass is 10.2. The van der Waals surface area contributed by atoms with Crippen LogP contribution in [0.1, 0.15) is 19.3 Å². The molecule has 1 atom stereocenters. The third-order valence-corrected chi connectivity index (χ3v) is 5.22. The Morgan fingerprint density at radius 1 is 1.19 bits per heavy atom. The lowest BCUT2D eigenvalue weighted by Gasteiger charge is -2.14. The summed E-state index contributed by atoms with van der Waals surface area (Å²) in [7, 11) is 0.